The summed E-state index contributed by atoms with van der Waals surface area (Å²) >= 11 is 0. The highest BCUT2D eigenvalue weighted by molar-refractivity contribution is 6.30. The highest BCUT2D eigenvalue weighted by Gasteiger charge is 2.44. The molecule has 1 atom stereocenters. The predicted octanol–water partition coefficient (Wildman–Crippen LogP) is 5.36. The van der Waals surface area contributed by atoms with E-state index in [0.29, 0.717) is 28.9 Å². The Bertz CT molecular complexity index is 1800. The number of carbonyl (C=O) groups excluding carboxylic acids is 3. The van der Waals surface area contributed by atoms with Gasteiger partial charge in [0.2, 0.25) is 5.69 Å². The van der Waals surface area contributed by atoms with Gasteiger partial charge in [0.25, 0.3) is 6.47 Å². The number of pyridine rings is 1. The molecule has 39 heavy (non-hydrogen) atoms. The third-order valence-corrected chi connectivity index (χ3v) is 7.73. The molecule has 0 saturated heterocycles. The molecule has 7 nitrogen and oxygen atoms in total. The lowest BCUT2D eigenvalue weighted by Gasteiger charge is -2.15. The van der Waals surface area contributed by atoms with E-state index in [9.17, 15) is 19.5 Å². The van der Waals surface area contributed by atoms with Crippen LogP contribution in [0.15, 0.2) is 72.8 Å². The molecular weight excluding hydrogens is 492 g/mol. The van der Waals surface area contributed by atoms with E-state index in [1.54, 1.807) is 30.3 Å². The lowest BCUT2D eigenvalue weighted by atomic mass is 9.81. The number of hydrogen-bond acceptors (Lipinski definition) is 6. The molecule has 4 aromatic rings. The molecule has 1 aliphatic heterocycles. The topological polar surface area (TPSA) is 96.6 Å². The van der Waals surface area contributed by atoms with Crippen LogP contribution in [0.5, 0.6) is 11.5 Å². The molecule has 1 N–H and O–H groups in total. The summed E-state index contributed by atoms with van der Waals surface area (Å²) in [5.41, 5.74) is 4.81. The number of ketones is 2. The van der Waals surface area contributed by atoms with Gasteiger partial charge in [-0.2, -0.15) is 4.58 Å². The Labute approximate surface area is 224 Å². The number of aromatic hydroxyl groups is 1. The Kier molecular flexibility index (Phi) is 5.54. The predicted molar refractivity (Wildman–Crippen MR) is 147 cm³/mol. The molecule has 6 rings (SSSR count). The van der Waals surface area contributed by atoms with Crippen molar-refractivity contribution in [2.75, 3.05) is 7.05 Å². The first kappa shape index (κ1) is 24.4. The number of benzene rings is 3. The van der Waals surface area contributed by atoms with E-state index in [1.807, 2.05) is 55.6 Å². The van der Waals surface area contributed by atoms with E-state index in [1.165, 1.54) is 0 Å². The smallest absolute Gasteiger partial charge is 0.298 e. The summed E-state index contributed by atoms with van der Waals surface area (Å²) in [6.07, 6.45) is 3.91. The Hall–Kier alpha value is -4.91. The molecule has 0 bridgehead atoms. The van der Waals surface area contributed by atoms with E-state index in [-0.39, 0.29) is 28.4 Å². The van der Waals surface area contributed by atoms with Crippen LogP contribution >= 0.6 is 0 Å². The largest absolute Gasteiger partial charge is 0.506 e. The van der Waals surface area contributed by atoms with E-state index < -0.39 is 5.92 Å². The van der Waals surface area contributed by atoms with Crippen LogP contribution in [0.25, 0.3) is 17.0 Å². The fourth-order valence-electron chi connectivity index (χ4n) is 5.71. The first-order valence-electron chi connectivity index (χ1n) is 12.6. The van der Waals surface area contributed by atoms with E-state index in [4.69, 9.17) is 4.74 Å². The van der Waals surface area contributed by atoms with Crippen molar-refractivity contribution in [1.82, 2.24) is 4.98 Å². The molecule has 0 saturated carbocycles. The van der Waals surface area contributed by atoms with Crippen molar-refractivity contribution >= 4 is 46.4 Å². The van der Waals surface area contributed by atoms with Crippen molar-refractivity contribution in [2.45, 2.75) is 25.2 Å². The van der Waals surface area contributed by atoms with Crippen LogP contribution in [0.2, 0.25) is 0 Å². The summed E-state index contributed by atoms with van der Waals surface area (Å²) in [7, 11) is 1.98. The molecular formula is C32H25N2O5+. The van der Waals surface area contributed by atoms with Crippen LogP contribution in [0.1, 0.15) is 57.3 Å². The Balaban J connectivity index is 1.32. The Morgan fingerprint density at radius 1 is 0.949 bits per heavy atom. The average Bonchev–Trinajstić information content (AvgIpc) is 3.27. The molecule has 2 aliphatic rings. The van der Waals surface area contributed by atoms with Gasteiger partial charge >= 0.3 is 0 Å². The van der Waals surface area contributed by atoms with Crippen LogP contribution in [0.3, 0.4) is 0 Å². The lowest BCUT2D eigenvalue weighted by Crippen LogP contribution is -2.26. The molecule has 192 valence electrons. The van der Waals surface area contributed by atoms with Gasteiger partial charge in [-0.1, -0.05) is 30.3 Å². The third-order valence-electron chi connectivity index (χ3n) is 7.73. The van der Waals surface area contributed by atoms with Crippen LogP contribution < -0.4 is 4.74 Å². The maximum Gasteiger partial charge on any atom is 0.298 e. The summed E-state index contributed by atoms with van der Waals surface area (Å²) < 4.78 is 7.13. The van der Waals surface area contributed by atoms with E-state index in [2.05, 4.69) is 23.4 Å². The second-order valence-electron chi connectivity index (χ2n) is 10.3. The SMILES string of the molecule is C[N+]1=C(/C=C/c2ccc3c(c2)C(=O)C(c2nc4ccccc4cc2O)C3=O)C(C)(C)c2cc(OC=O)ccc21. The van der Waals surface area contributed by atoms with Gasteiger partial charge in [-0.15, -0.1) is 0 Å². The zero-order chi connectivity index (χ0) is 27.5. The Morgan fingerprint density at radius 3 is 2.51 bits per heavy atom. The minimum Gasteiger partial charge on any atom is -0.506 e. The fourth-order valence-corrected chi connectivity index (χ4v) is 5.71. The highest BCUT2D eigenvalue weighted by Crippen LogP contribution is 2.42. The van der Waals surface area contributed by atoms with Gasteiger partial charge in [0.1, 0.15) is 30.2 Å². The third kappa shape index (κ3) is 3.77. The van der Waals surface area contributed by atoms with Crippen molar-refractivity contribution in [3.05, 3.63) is 101 Å². The van der Waals surface area contributed by atoms with Gasteiger partial charge in [0, 0.05) is 34.2 Å². The molecule has 2 heterocycles. The van der Waals surface area contributed by atoms with E-state index >= 15 is 0 Å². The van der Waals surface area contributed by atoms with Crippen LogP contribution in [-0.4, -0.2) is 45.5 Å². The summed E-state index contributed by atoms with van der Waals surface area (Å²) in [4.78, 5) is 42.0. The summed E-state index contributed by atoms with van der Waals surface area (Å²) in [5.74, 6) is -1.59. The van der Waals surface area contributed by atoms with Crippen molar-refractivity contribution < 1.29 is 28.8 Å². The average molecular weight is 518 g/mol. The molecule has 0 spiro atoms. The van der Waals surface area contributed by atoms with Crippen molar-refractivity contribution in [3.63, 3.8) is 0 Å². The van der Waals surface area contributed by atoms with Gasteiger partial charge in [0.15, 0.2) is 17.3 Å². The maximum atomic E-state index is 13.5. The number of para-hydroxylation sites is 1. The number of carbonyl (C=O) groups is 3. The fraction of sp³-hybridized carbons (Fsp3) is 0.156. The second kappa shape index (κ2) is 8.84. The Morgan fingerprint density at radius 2 is 1.72 bits per heavy atom. The molecule has 7 heteroatoms. The number of rotatable bonds is 5. The minimum absolute atomic E-state index is 0.0811. The lowest BCUT2D eigenvalue weighted by molar-refractivity contribution is -0.401. The molecule has 0 radical (unpaired) electrons. The van der Waals surface area contributed by atoms with Crippen molar-refractivity contribution in [3.8, 4) is 11.5 Å². The molecule has 1 aliphatic carbocycles. The van der Waals surface area contributed by atoms with Crippen molar-refractivity contribution in [2.24, 2.45) is 0 Å². The van der Waals surface area contributed by atoms with Crippen LogP contribution in [0.4, 0.5) is 5.69 Å². The quantitative estimate of drug-likeness (QED) is 0.218. The minimum atomic E-state index is -1.17. The summed E-state index contributed by atoms with van der Waals surface area (Å²) in [6, 6.07) is 19.5. The molecule has 0 amide bonds. The first-order chi connectivity index (χ1) is 18.7. The molecule has 1 unspecified atom stereocenters. The van der Waals surface area contributed by atoms with Gasteiger partial charge < -0.3 is 9.84 Å². The first-order valence-corrected chi connectivity index (χ1v) is 12.6. The van der Waals surface area contributed by atoms with Gasteiger partial charge in [-0.3, -0.25) is 14.4 Å². The van der Waals surface area contributed by atoms with Gasteiger partial charge in [-0.25, -0.2) is 4.98 Å². The second-order valence-corrected chi connectivity index (χ2v) is 10.3. The molecule has 1 aromatic heterocycles. The van der Waals surface area contributed by atoms with Crippen LogP contribution in [0, 0.1) is 0 Å². The number of fused-ring (bicyclic) bond motifs is 3. The van der Waals surface area contributed by atoms with Crippen molar-refractivity contribution in [1.29, 1.82) is 0 Å². The number of hydrogen-bond donors (Lipinski definition) is 1. The van der Waals surface area contributed by atoms with E-state index in [0.717, 1.165) is 27.9 Å². The number of aromatic nitrogens is 1. The normalized spacial score (nSPS) is 17.7. The monoisotopic (exact) mass is 517 g/mol. The highest BCUT2D eigenvalue weighted by atomic mass is 16.5. The number of Topliss-reactive ketones (excluding diaryl/α,β-unsaturated/α-hetero) is 2. The molecule has 3 aromatic carbocycles. The number of ether oxygens (including phenoxy) is 1. The zero-order valence-corrected chi connectivity index (χ0v) is 21.6. The van der Waals surface area contributed by atoms with Crippen LogP contribution in [-0.2, 0) is 10.2 Å². The number of allylic oxidation sites excluding steroid dienone is 1. The standard InChI is InChI=1S/C32H24N2O5/c1-32(2)23-16-20(39-17-35)10-12-25(23)34(3)27(32)13-9-18-8-11-21-22(14-18)31(38)28(30(21)37)29-26(36)15-19-6-4-5-7-24(19)33-29/h4-17,28H,1-3H3/p+1/b13-9+. The summed E-state index contributed by atoms with van der Waals surface area (Å²) in [5, 5.41) is 11.4. The van der Waals surface area contributed by atoms with Gasteiger partial charge in [0.05, 0.1) is 10.9 Å². The molecule has 0 fully saturated rings. The zero-order valence-electron chi connectivity index (χ0n) is 21.6. The number of nitrogens with zero attached hydrogens (tertiary/aromatic N) is 2. The van der Waals surface area contributed by atoms with Gasteiger partial charge in [-0.05, 0) is 55.8 Å². The maximum absolute atomic E-state index is 13.5. The summed E-state index contributed by atoms with van der Waals surface area (Å²) in [6.45, 7) is 4.61.